The summed E-state index contributed by atoms with van der Waals surface area (Å²) in [5.41, 5.74) is 2.65. The maximum Gasteiger partial charge on any atom is 0.253 e. The highest BCUT2D eigenvalue weighted by Gasteiger charge is 2.40. The molecule has 3 heterocycles. The molecule has 2 fully saturated rings. The number of amides is 2. The van der Waals surface area contributed by atoms with Crippen LogP contribution in [0.25, 0.3) is 0 Å². The van der Waals surface area contributed by atoms with E-state index in [1.54, 1.807) is 24.3 Å². The summed E-state index contributed by atoms with van der Waals surface area (Å²) in [5.74, 6) is 0.397. The minimum atomic E-state index is -0.249. The smallest absolute Gasteiger partial charge is 0.253 e. The Bertz CT molecular complexity index is 766. The lowest BCUT2D eigenvalue weighted by Gasteiger charge is -2.25. The lowest BCUT2D eigenvalue weighted by Crippen LogP contribution is -2.39. The third-order valence-electron chi connectivity index (χ3n) is 4.94. The number of likely N-dealkylation sites (tertiary alicyclic amines) is 1. The number of carbonyl (C=O) groups is 2. The number of hydrogen-bond donors (Lipinski definition) is 2. The van der Waals surface area contributed by atoms with Crippen LogP contribution in [0.3, 0.4) is 0 Å². The minimum absolute atomic E-state index is 0.0330. The number of carbonyl (C=O) groups excluding carboxylic acids is 2. The fourth-order valence-electron chi connectivity index (χ4n) is 3.54. The first-order chi connectivity index (χ1) is 11.6. The summed E-state index contributed by atoms with van der Waals surface area (Å²) in [6.45, 7) is 0. The molecule has 2 aromatic rings. The van der Waals surface area contributed by atoms with Crippen molar-refractivity contribution in [1.29, 1.82) is 0 Å². The normalized spacial score (nSPS) is 23.5. The summed E-state index contributed by atoms with van der Waals surface area (Å²) >= 11 is 0. The molecule has 6 nitrogen and oxygen atoms in total. The molecular weight excluding hydrogens is 304 g/mol. The molecule has 1 saturated carbocycles. The first-order valence-electron chi connectivity index (χ1n) is 8.29. The van der Waals surface area contributed by atoms with Crippen molar-refractivity contribution >= 4 is 11.8 Å². The zero-order chi connectivity index (χ0) is 16.7. The van der Waals surface area contributed by atoms with Gasteiger partial charge in [-0.15, -0.1) is 0 Å². The SMILES string of the molecule is CN1C(=O)C[C@@H](NC(=O)c2cc[nH]c2C2CC2)[C@@H]1c1cccnc1. The van der Waals surface area contributed by atoms with Crippen LogP contribution in [-0.4, -0.2) is 39.8 Å². The maximum atomic E-state index is 12.7. The van der Waals surface area contributed by atoms with E-state index in [0.29, 0.717) is 17.9 Å². The Hall–Kier alpha value is -2.63. The molecule has 2 atom stereocenters. The van der Waals surface area contributed by atoms with Crippen LogP contribution in [0.2, 0.25) is 0 Å². The zero-order valence-electron chi connectivity index (χ0n) is 13.5. The third kappa shape index (κ3) is 2.58. The predicted molar refractivity (Wildman–Crippen MR) is 88.4 cm³/mol. The van der Waals surface area contributed by atoms with Gasteiger partial charge < -0.3 is 15.2 Å². The van der Waals surface area contributed by atoms with Crippen molar-refractivity contribution in [3.63, 3.8) is 0 Å². The van der Waals surface area contributed by atoms with Crippen LogP contribution in [0, 0.1) is 0 Å². The van der Waals surface area contributed by atoms with Crippen LogP contribution in [0.5, 0.6) is 0 Å². The highest BCUT2D eigenvalue weighted by molar-refractivity contribution is 5.96. The highest BCUT2D eigenvalue weighted by Crippen LogP contribution is 2.41. The van der Waals surface area contributed by atoms with Crippen LogP contribution >= 0.6 is 0 Å². The number of rotatable bonds is 4. The van der Waals surface area contributed by atoms with Gasteiger partial charge in [0.15, 0.2) is 0 Å². The summed E-state index contributed by atoms with van der Waals surface area (Å²) in [5, 5.41) is 3.06. The van der Waals surface area contributed by atoms with Crippen molar-refractivity contribution in [2.24, 2.45) is 0 Å². The topological polar surface area (TPSA) is 78.1 Å². The number of pyridine rings is 1. The predicted octanol–water partition coefficient (Wildman–Crippen LogP) is 1.99. The van der Waals surface area contributed by atoms with Crippen molar-refractivity contribution < 1.29 is 9.59 Å². The van der Waals surface area contributed by atoms with Crippen LogP contribution in [0.15, 0.2) is 36.8 Å². The van der Waals surface area contributed by atoms with E-state index in [4.69, 9.17) is 0 Å². The molecule has 0 spiro atoms. The number of likely N-dealkylation sites (N-methyl/N-ethyl adjacent to an activating group) is 1. The molecule has 0 unspecified atom stereocenters. The monoisotopic (exact) mass is 324 g/mol. The first kappa shape index (κ1) is 14.9. The second-order valence-electron chi connectivity index (χ2n) is 6.60. The van der Waals surface area contributed by atoms with E-state index in [1.807, 2.05) is 24.4 Å². The number of aromatic nitrogens is 2. The fourth-order valence-corrected chi connectivity index (χ4v) is 3.54. The molecule has 1 saturated heterocycles. The Morgan fingerprint density at radius 3 is 2.92 bits per heavy atom. The quantitative estimate of drug-likeness (QED) is 0.903. The molecule has 2 aromatic heterocycles. The van der Waals surface area contributed by atoms with E-state index < -0.39 is 0 Å². The standard InChI is InChI=1S/C18H20N4O2/c1-22-15(23)9-14(17(22)12-3-2-7-19-10-12)21-18(24)13-6-8-20-16(13)11-4-5-11/h2-3,6-8,10-11,14,17,20H,4-5,9H2,1H3,(H,21,24)/t14-,17+/m1/s1. The van der Waals surface area contributed by atoms with E-state index >= 15 is 0 Å². The van der Waals surface area contributed by atoms with Gasteiger partial charge in [0.2, 0.25) is 5.91 Å². The lowest BCUT2D eigenvalue weighted by atomic mass is 10.0. The van der Waals surface area contributed by atoms with Crippen LogP contribution < -0.4 is 5.32 Å². The highest BCUT2D eigenvalue weighted by atomic mass is 16.2. The van der Waals surface area contributed by atoms with Crippen molar-refractivity contribution in [2.45, 2.75) is 37.3 Å². The molecule has 24 heavy (non-hydrogen) atoms. The van der Waals surface area contributed by atoms with Gasteiger partial charge in [-0.3, -0.25) is 14.6 Å². The van der Waals surface area contributed by atoms with Gasteiger partial charge in [-0.2, -0.15) is 0 Å². The molecule has 6 heteroatoms. The van der Waals surface area contributed by atoms with Crippen molar-refractivity contribution in [1.82, 2.24) is 20.2 Å². The molecule has 4 rings (SSSR count). The summed E-state index contributed by atoms with van der Waals surface area (Å²) in [4.78, 5) is 33.9. The fraction of sp³-hybridized carbons (Fsp3) is 0.389. The molecule has 2 N–H and O–H groups in total. The second kappa shape index (κ2) is 5.78. The number of nitrogens with zero attached hydrogens (tertiary/aromatic N) is 2. The molecule has 1 aliphatic heterocycles. The molecule has 124 valence electrons. The number of H-pyrrole nitrogens is 1. The summed E-state index contributed by atoms with van der Waals surface area (Å²) in [6, 6.07) is 5.18. The van der Waals surface area contributed by atoms with Crippen LogP contribution in [0.1, 0.15) is 52.8 Å². The summed E-state index contributed by atoms with van der Waals surface area (Å²) < 4.78 is 0. The van der Waals surface area contributed by atoms with E-state index in [2.05, 4.69) is 15.3 Å². The Labute approximate surface area is 140 Å². The molecule has 2 amide bonds. The van der Waals surface area contributed by atoms with Gasteiger partial charge in [0.25, 0.3) is 5.91 Å². The molecule has 1 aliphatic carbocycles. The van der Waals surface area contributed by atoms with Crippen molar-refractivity contribution in [2.75, 3.05) is 7.05 Å². The van der Waals surface area contributed by atoms with Gasteiger partial charge in [-0.1, -0.05) is 6.07 Å². The molecule has 0 radical (unpaired) electrons. The van der Waals surface area contributed by atoms with Gasteiger partial charge in [-0.05, 0) is 36.5 Å². The third-order valence-corrected chi connectivity index (χ3v) is 4.94. The van der Waals surface area contributed by atoms with Gasteiger partial charge >= 0.3 is 0 Å². The molecular formula is C18H20N4O2. The average molecular weight is 324 g/mol. The number of nitrogens with one attached hydrogen (secondary N) is 2. The van der Waals surface area contributed by atoms with Crippen molar-refractivity contribution in [3.05, 3.63) is 53.6 Å². The summed E-state index contributed by atoms with van der Waals surface area (Å²) in [6.07, 6.45) is 7.84. The Balaban J connectivity index is 1.57. The zero-order valence-corrected chi connectivity index (χ0v) is 13.5. The summed E-state index contributed by atoms with van der Waals surface area (Å²) in [7, 11) is 1.78. The minimum Gasteiger partial charge on any atom is -0.364 e. The molecule has 0 aromatic carbocycles. The lowest BCUT2D eigenvalue weighted by molar-refractivity contribution is -0.127. The van der Waals surface area contributed by atoms with Crippen molar-refractivity contribution in [3.8, 4) is 0 Å². The van der Waals surface area contributed by atoms with Gasteiger partial charge in [0, 0.05) is 37.8 Å². The van der Waals surface area contributed by atoms with E-state index in [0.717, 1.165) is 24.1 Å². The number of hydrogen-bond acceptors (Lipinski definition) is 3. The average Bonchev–Trinajstić information content (AvgIpc) is 3.24. The van der Waals surface area contributed by atoms with E-state index in [-0.39, 0.29) is 23.9 Å². The Morgan fingerprint density at radius 2 is 2.21 bits per heavy atom. The number of aromatic amines is 1. The van der Waals surface area contributed by atoms with Gasteiger partial charge in [0.05, 0.1) is 17.6 Å². The molecule has 2 aliphatic rings. The van der Waals surface area contributed by atoms with Gasteiger partial charge in [0.1, 0.15) is 0 Å². The van der Waals surface area contributed by atoms with E-state index in [1.165, 1.54) is 0 Å². The molecule has 0 bridgehead atoms. The second-order valence-corrected chi connectivity index (χ2v) is 6.60. The van der Waals surface area contributed by atoms with Crippen LogP contribution in [-0.2, 0) is 4.79 Å². The Morgan fingerprint density at radius 1 is 1.38 bits per heavy atom. The van der Waals surface area contributed by atoms with Crippen LogP contribution in [0.4, 0.5) is 0 Å². The van der Waals surface area contributed by atoms with Gasteiger partial charge in [-0.25, -0.2) is 0 Å². The van der Waals surface area contributed by atoms with E-state index in [9.17, 15) is 9.59 Å². The largest absolute Gasteiger partial charge is 0.364 e. The Kier molecular flexibility index (Phi) is 3.59. The first-order valence-corrected chi connectivity index (χ1v) is 8.29. The maximum absolute atomic E-state index is 12.7.